The highest BCUT2D eigenvalue weighted by atomic mass is 32.1. The van der Waals surface area contributed by atoms with Crippen molar-refractivity contribution >= 4 is 17.1 Å². The highest BCUT2D eigenvalue weighted by Gasteiger charge is 2.14. The van der Waals surface area contributed by atoms with E-state index in [1.165, 1.54) is 10.4 Å². The molecule has 0 unspecified atom stereocenters. The minimum atomic E-state index is 0.149. The molecule has 0 saturated heterocycles. The second kappa shape index (κ2) is 4.84. The molecule has 2 heteroatoms. The molecule has 2 aromatic rings. The number of aryl methyl sites for hydroxylation is 2. The summed E-state index contributed by atoms with van der Waals surface area (Å²) in [5.41, 5.74) is 3.08. The second-order valence-corrected chi connectivity index (χ2v) is 5.36. The highest BCUT2D eigenvalue weighted by molar-refractivity contribution is 7.14. The van der Waals surface area contributed by atoms with E-state index < -0.39 is 0 Å². The quantitative estimate of drug-likeness (QED) is 0.741. The van der Waals surface area contributed by atoms with E-state index in [0.29, 0.717) is 0 Å². The Bertz CT molecular complexity index is 552. The summed E-state index contributed by atoms with van der Waals surface area (Å²) < 4.78 is 0. The zero-order valence-corrected chi connectivity index (χ0v) is 11.2. The van der Waals surface area contributed by atoms with Gasteiger partial charge in [-0.2, -0.15) is 0 Å². The molecule has 0 aliphatic carbocycles. The highest BCUT2D eigenvalue weighted by Crippen LogP contribution is 2.23. The van der Waals surface area contributed by atoms with Crippen LogP contribution in [0.3, 0.4) is 0 Å². The van der Waals surface area contributed by atoms with Gasteiger partial charge in [0.05, 0.1) is 4.88 Å². The van der Waals surface area contributed by atoms with E-state index in [1.54, 1.807) is 11.3 Å². The lowest BCUT2D eigenvalue weighted by Gasteiger charge is -2.05. The third-order valence-corrected chi connectivity index (χ3v) is 4.31. The molecule has 0 atom stereocenters. The first-order valence-corrected chi connectivity index (χ1v) is 6.64. The molecule has 1 heterocycles. The van der Waals surface area contributed by atoms with E-state index >= 15 is 0 Å². The van der Waals surface area contributed by atoms with Crippen LogP contribution in [0.1, 0.15) is 38.2 Å². The molecule has 0 fully saturated rings. The van der Waals surface area contributed by atoms with E-state index in [2.05, 4.69) is 6.92 Å². The molecule has 1 nitrogen and oxygen atoms in total. The Hall–Kier alpha value is -1.41. The normalized spacial score (nSPS) is 10.5. The van der Waals surface area contributed by atoms with Gasteiger partial charge in [-0.25, -0.2) is 0 Å². The molecule has 0 spiro atoms. The summed E-state index contributed by atoms with van der Waals surface area (Å²) in [5, 5.41) is 0. The van der Waals surface area contributed by atoms with Crippen molar-refractivity contribution in [1.29, 1.82) is 0 Å². The van der Waals surface area contributed by atoms with Gasteiger partial charge in [0.1, 0.15) is 0 Å². The van der Waals surface area contributed by atoms with Crippen molar-refractivity contribution < 1.29 is 4.79 Å². The van der Waals surface area contributed by atoms with Crippen LogP contribution in [0.15, 0.2) is 30.3 Å². The fourth-order valence-corrected chi connectivity index (χ4v) is 2.72. The lowest BCUT2D eigenvalue weighted by molar-refractivity contribution is 0.104. The van der Waals surface area contributed by atoms with Gasteiger partial charge in [0, 0.05) is 10.4 Å². The fourth-order valence-electron chi connectivity index (χ4n) is 1.82. The van der Waals surface area contributed by atoms with Crippen LogP contribution in [0.25, 0.3) is 0 Å². The molecule has 0 aliphatic rings. The van der Waals surface area contributed by atoms with Gasteiger partial charge >= 0.3 is 0 Å². The number of rotatable bonds is 3. The van der Waals surface area contributed by atoms with Crippen molar-refractivity contribution in [2.24, 2.45) is 0 Å². The van der Waals surface area contributed by atoms with Crippen molar-refractivity contribution in [1.82, 2.24) is 0 Å². The largest absolute Gasteiger partial charge is 0.288 e. The molecule has 1 aromatic heterocycles. The average molecular weight is 244 g/mol. The summed E-state index contributed by atoms with van der Waals surface area (Å²) in [6.07, 6.45) is 0.991. The van der Waals surface area contributed by atoms with Gasteiger partial charge < -0.3 is 0 Å². The van der Waals surface area contributed by atoms with E-state index in [9.17, 15) is 4.79 Å². The van der Waals surface area contributed by atoms with Gasteiger partial charge in [0.2, 0.25) is 5.78 Å². The third-order valence-electron chi connectivity index (χ3n) is 3.08. The molecule has 0 aliphatic heterocycles. The minimum absolute atomic E-state index is 0.149. The van der Waals surface area contributed by atoms with Crippen molar-refractivity contribution in [3.8, 4) is 0 Å². The third kappa shape index (κ3) is 2.32. The fraction of sp³-hybridized carbons (Fsp3) is 0.267. The van der Waals surface area contributed by atoms with Crippen molar-refractivity contribution in [2.75, 3.05) is 0 Å². The predicted octanol–water partition coefficient (Wildman–Crippen LogP) is 4.16. The van der Waals surface area contributed by atoms with Crippen LogP contribution in [0.5, 0.6) is 0 Å². The molecule has 2 rings (SSSR count). The smallest absolute Gasteiger partial charge is 0.203 e. The van der Waals surface area contributed by atoms with Crippen molar-refractivity contribution in [3.63, 3.8) is 0 Å². The first kappa shape index (κ1) is 12.1. The van der Waals surface area contributed by atoms with E-state index in [-0.39, 0.29) is 5.78 Å². The maximum atomic E-state index is 12.4. The maximum absolute atomic E-state index is 12.4. The van der Waals surface area contributed by atoms with E-state index in [4.69, 9.17) is 0 Å². The summed E-state index contributed by atoms with van der Waals surface area (Å²) in [7, 11) is 0. The molecular weight excluding hydrogens is 228 g/mol. The van der Waals surface area contributed by atoms with Gasteiger partial charge in [-0.15, -0.1) is 11.3 Å². The Kier molecular flexibility index (Phi) is 3.43. The van der Waals surface area contributed by atoms with Crippen molar-refractivity contribution in [2.45, 2.75) is 27.2 Å². The molecule has 0 N–H and O–H groups in total. The summed E-state index contributed by atoms with van der Waals surface area (Å²) in [5.74, 6) is 0.149. The number of ketones is 1. The standard InChI is InChI=1S/C15H16OS/c1-4-12-8-9-14(17-12)15(16)13-7-5-6-10(2)11(13)3/h5-9H,4H2,1-3H3. The molecule has 88 valence electrons. The number of hydrogen-bond donors (Lipinski definition) is 0. The van der Waals surface area contributed by atoms with Gasteiger partial charge in [-0.3, -0.25) is 4.79 Å². The Morgan fingerprint density at radius 2 is 1.94 bits per heavy atom. The van der Waals surface area contributed by atoms with E-state index in [1.807, 2.05) is 44.2 Å². The molecule has 0 saturated carbocycles. The molecule has 0 radical (unpaired) electrons. The Labute approximate surface area is 106 Å². The first-order valence-electron chi connectivity index (χ1n) is 5.83. The maximum Gasteiger partial charge on any atom is 0.203 e. The molecule has 0 bridgehead atoms. The van der Waals surface area contributed by atoms with Gasteiger partial charge in [-0.1, -0.05) is 25.1 Å². The predicted molar refractivity (Wildman–Crippen MR) is 73.0 cm³/mol. The van der Waals surface area contributed by atoms with Crippen LogP contribution in [0.2, 0.25) is 0 Å². The zero-order chi connectivity index (χ0) is 12.4. The Morgan fingerprint density at radius 1 is 1.18 bits per heavy atom. The molecule has 17 heavy (non-hydrogen) atoms. The van der Waals surface area contributed by atoms with Crippen LogP contribution in [-0.4, -0.2) is 5.78 Å². The Balaban J connectivity index is 2.40. The van der Waals surface area contributed by atoms with Gasteiger partial charge in [0.15, 0.2) is 0 Å². The minimum Gasteiger partial charge on any atom is -0.288 e. The summed E-state index contributed by atoms with van der Waals surface area (Å²) >= 11 is 1.60. The lowest BCUT2D eigenvalue weighted by atomic mass is 9.99. The zero-order valence-electron chi connectivity index (χ0n) is 10.4. The van der Waals surface area contributed by atoms with Gasteiger partial charge in [-0.05, 0) is 43.5 Å². The monoisotopic (exact) mass is 244 g/mol. The number of thiophene rings is 1. The second-order valence-electron chi connectivity index (χ2n) is 4.20. The summed E-state index contributed by atoms with van der Waals surface area (Å²) in [6.45, 7) is 6.16. The topological polar surface area (TPSA) is 17.1 Å². The molecular formula is C15H16OS. The van der Waals surface area contributed by atoms with Crippen LogP contribution in [0, 0.1) is 13.8 Å². The SMILES string of the molecule is CCc1ccc(C(=O)c2cccc(C)c2C)s1. The van der Waals surface area contributed by atoms with E-state index in [0.717, 1.165) is 22.4 Å². The van der Waals surface area contributed by atoms with Crippen molar-refractivity contribution in [3.05, 3.63) is 56.8 Å². The number of carbonyl (C=O) groups is 1. The molecule has 0 amide bonds. The lowest BCUT2D eigenvalue weighted by Crippen LogP contribution is -2.02. The van der Waals surface area contributed by atoms with Crippen LogP contribution >= 0.6 is 11.3 Å². The molecule has 1 aromatic carbocycles. The van der Waals surface area contributed by atoms with Crippen LogP contribution in [-0.2, 0) is 6.42 Å². The first-order chi connectivity index (χ1) is 8.13. The van der Waals surface area contributed by atoms with Gasteiger partial charge in [0.25, 0.3) is 0 Å². The number of carbonyl (C=O) groups excluding carboxylic acids is 1. The summed E-state index contributed by atoms with van der Waals surface area (Å²) in [6, 6.07) is 9.88. The van der Waals surface area contributed by atoms with Crippen LogP contribution in [0.4, 0.5) is 0 Å². The Morgan fingerprint density at radius 3 is 2.59 bits per heavy atom. The number of hydrogen-bond acceptors (Lipinski definition) is 2. The summed E-state index contributed by atoms with van der Waals surface area (Å²) in [4.78, 5) is 14.5. The number of benzene rings is 1. The van der Waals surface area contributed by atoms with Crippen LogP contribution < -0.4 is 0 Å². The average Bonchev–Trinajstić information content (AvgIpc) is 2.80.